The van der Waals surface area contributed by atoms with E-state index in [2.05, 4.69) is 14.1 Å². The Hall–Kier alpha value is -2.47. The van der Waals surface area contributed by atoms with Gasteiger partial charge in [0.25, 0.3) is 5.91 Å². The van der Waals surface area contributed by atoms with Crippen molar-refractivity contribution in [2.75, 3.05) is 11.9 Å². The Morgan fingerprint density at radius 3 is 2.86 bits per heavy atom. The fourth-order valence-corrected chi connectivity index (χ4v) is 2.60. The lowest BCUT2D eigenvalue weighted by atomic mass is 10.1. The lowest BCUT2D eigenvalue weighted by Gasteiger charge is -2.11. The number of nitrogens with one attached hydrogen (secondary N) is 1. The van der Waals surface area contributed by atoms with E-state index in [9.17, 15) is 4.79 Å². The summed E-state index contributed by atoms with van der Waals surface area (Å²) in [5.74, 6) is 0.526. The molecule has 1 N–H and O–H groups in total. The first-order chi connectivity index (χ1) is 10.6. The van der Waals surface area contributed by atoms with Gasteiger partial charge in [-0.25, -0.2) is 0 Å². The molecule has 0 saturated heterocycles. The van der Waals surface area contributed by atoms with Crippen LogP contribution in [0.5, 0.6) is 5.75 Å². The molecule has 6 heteroatoms. The van der Waals surface area contributed by atoms with Gasteiger partial charge in [-0.3, -0.25) is 4.79 Å². The third-order valence-corrected chi connectivity index (χ3v) is 4.01. The number of hydrogen-bond donors (Lipinski definition) is 1. The molecule has 0 aliphatic heterocycles. The molecule has 0 aliphatic rings. The quantitative estimate of drug-likeness (QED) is 0.802. The highest BCUT2D eigenvalue weighted by Gasteiger charge is 2.07. The molecule has 0 radical (unpaired) electrons. The van der Waals surface area contributed by atoms with Crippen LogP contribution in [0.15, 0.2) is 36.4 Å². The average molecular weight is 313 g/mol. The van der Waals surface area contributed by atoms with Gasteiger partial charge in [0.1, 0.15) is 16.8 Å². The monoisotopic (exact) mass is 313 g/mol. The van der Waals surface area contributed by atoms with E-state index in [0.29, 0.717) is 5.69 Å². The fourth-order valence-electron chi connectivity index (χ4n) is 2.08. The molecule has 1 aromatic heterocycles. The summed E-state index contributed by atoms with van der Waals surface area (Å²) in [5, 5.41) is 2.80. The topological polar surface area (TPSA) is 64.1 Å². The van der Waals surface area contributed by atoms with Crippen LogP contribution in [0, 0.1) is 13.8 Å². The molecule has 3 aromatic rings. The fraction of sp³-hybridized carbons (Fsp3) is 0.188. The number of anilines is 1. The molecule has 0 spiro atoms. The summed E-state index contributed by atoms with van der Waals surface area (Å²) >= 11 is 1.15. The molecule has 112 valence electrons. The van der Waals surface area contributed by atoms with Crippen molar-refractivity contribution in [1.82, 2.24) is 8.75 Å². The minimum Gasteiger partial charge on any atom is -0.483 e. The molecule has 3 rings (SSSR count). The van der Waals surface area contributed by atoms with Gasteiger partial charge in [-0.15, -0.1) is 0 Å². The molecular weight excluding hydrogens is 298 g/mol. The van der Waals surface area contributed by atoms with Gasteiger partial charge < -0.3 is 10.1 Å². The first kappa shape index (κ1) is 14.5. The van der Waals surface area contributed by atoms with Gasteiger partial charge in [-0.05, 0) is 49.2 Å². The number of ether oxygens (including phenoxy) is 1. The minimum absolute atomic E-state index is 0.0301. The number of carbonyl (C=O) groups excluding carboxylic acids is 1. The number of aromatic nitrogens is 2. The van der Waals surface area contributed by atoms with Gasteiger partial charge in [0.15, 0.2) is 6.61 Å². The Kier molecular flexibility index (Phi) is 4.02. The maximum absolute atomic E-state index is 12.0. The SMILES string of the molecule is Cc1cccc(OCC(=O)Nc2ccc3nsnc3c2)c1C. The van der Waals surface area contributed by atoms with Crippen molar-refractivity contribution in [1.29, 1.82) is 0 Å². The summed E-state index contributed by atoms with van der Waals surface area (Å²) in [6.07, 6.45) is 0. The van der Waals surface area contributed by atoms with Crippen LogP contribution in [-0.2, 0) is 4.79 Å². The predicted molar refractivity (Wildman–Crippen MR) is 87.5 cm³/mol. The zero-order valence-electron chi connectivity index (χ0n) is 12.3. The number of hydrogen-bond acceptors (Lipinski definition) is 5. The number of nitrogens with zero attached hydrogens (tertiary/aromatic N) is 2. The summed E-state index contributed by atoms with van der Waals surface area (Å²) < 4.78 is 13.9. The molecule has 0 fully saturated rings. The Balaban J connectivity index is 1.63. The van der Waals surface area contributed by atoms with Crippen LogP contribution >= 0.6 is 11.7 Å². The summed E-state index contributed by atoms with van der Waals surface area (Å²) in [5.41, 5.74) is 4.48. The molecule has 22 heavy (non-hydrogen) atoms. The van der Waals surface area contributed by atoms with E-state index in [0.717, 1.165) is 39.6 Å². The maximum Gasteiger partial charge on any atom is 0.262 e. The summed E-state index contributed by atoms with van der Waals surface area (Å²) in [6.45, 7) is 3.96. The summed E-state index contributed by atoms with van der Waals surface area (Å²) in [7, 11) is 0. The first-order valence-corrected chi connectivity index (χ1v) is 7.58. The smallest absolute Gasteiger partial charge is 0.262 e. The molecule has 5 nitrogen and oxygen atoms in total. The molecular formula is C16H15N3O2S. The van der Waals surface area contributed by atoms with E-state index in [-0.39, 0.29) is 12.5 Å². The van der Waals surface area contributed by atoms with E-state index < -0.39 is 0 Å². The Bertz CT molecular complexity index is 829. The molecule has 2 aromatic carbocycles. The number of fused-ring (bicyclic) bond motifs is 1. The second kappa shape index (κ2) is 6.11. The standard InChI is InChI=1S/C16H15N3O2S/c1-10-4-3-5-15(11(10)2)21-9-16(20)17-12-6-7-13-14(8-12)19-22-18-13/h3-8H,9H2,1-2H3,(H,17,20). The molecule has 1 heterocycles. The van der Waals surface area contributed by atoms with Crippen molar-refractivity contribution in [3.05, 3.63) is 47.5 Å². The summed E-state index contributed by atoms with van der Waals surface area (Å²) in [4.78, 5) is 12.0. The van der Waals surface area contributed by atoms with Gasteiger partial charge in [0.05, 0.1) is 11.7 Å². The van der Waals surface area contributed by atoms with Gasteiger partial charge in [0.2, 0.25) is 0 Å². The largest absolute Gasteiger partial charge is 0.483 e. The zero-order chi connectivity index (χ0) is 15.5. The van der Waals surface area contributed by atoms with Crippen LogP contribution in [0.1, 0.15) is 11.1 Å². The van der Waals surface area contributed by atoms with Crippen LogP contribution in [-0.4, -0.2) is 21.3 Å². The number of carbonyl (C=O) groups is 1. The van der Waals surface area contributed by atoms with E-state index in [1.54, 1.807) is 12.1 Å². The molecule has 0 saturated carbocycles. The molecule has 0 bridgehead atoms. The van der Waals surface area contributed by atoms with Crippen molar-refractivity contribution in [3.63, 3.8) is 0 Å². The lowest BCUT2D eigenvalue weighted by Crippen LogP contribution is -2.20. The molecule has 0 atom stereocenters. The van der Waals surface area contributed by atoms with Gasteiger partial charge in [-0.1, -0.05) is 12.1 Å². The van der Waals surface area contributed by atoms with Crippen LogP contribution < -0.4 is 10.1 Å². The van der Waals surface area contributed by atoms with Crippen molar-refractivity contribution in [2.24, 2.45) is 0 Å². The molecule has 0 aliphatic carbocycles. The Morgan fingerprint density at radius 1 is 1.18 bits per heavy atom. The highest BCUT2D eigenvalue weighted by molar-refractivity contribution is 7.00. The van der Waals surface area contributed by atoms with Crippen LogP contribution in [0.4, 0.5) is 5.69 Å². The van der Waals surface area contributed by atoms with Crippen molar-refractivity contribution in [3.8, 4) is 5.75 Å². The van der Waals surface area contributed by atoms with Gasteiger partial charge in [0, 0.05) is 5.69 Å². The average Bonchev–Trinajstić information content (AvgIpc) is 2.96. The van der Waals surface area contributed by atoms with Crippen LogP contribution in [0.2, 0.25) is 0 Å². The third-order valence-electron chi connectivity index (χ3n) is 3.45. The number of rotatable bonds is 4. The van der Waals surface area contributed by atoms with E-state index in [1.807, 2.05) is 38.1 Å². The minimum atomic E-state index is -0.205. The van der Waals surface area contributed by atoms with E-state index in [1.165, 1.54) is 0 Å². The molecule has 0 unspecified atom stereocenters. The normalized spacial score (nSPS) is 10.6. The number of aryl methyl sites for hydroxylation is 1. The number of benzene rings is 2. The van der Waals surface area contributed by atoms with Crippen molar-refractivity contribution < 1.29 is 9.53 Å². The van der Waals surface area contributed by atoms with Crippen LogP contribution in [0.3, 0.4) is 0 Å². The Morgan fingerprint density at radius 2 is 2.00 bits per heavy atom. The third kappa shape index (κ3) is 3.07. The highest BCUT2D eigenvalue weighted by Crippen LogP contribution is 2.21. The summed E-state index contributed by atoms with van der Waals surface area (Å²) in [6, 6.07) is 11.2. The highest BCUT2D eigenvalue weighted by atomic mass is 32.1. The van der Waals surface area contributed by atoms with Gasteiger partial charge in [-0.2, -0.15) is 8.75 Å². The lowest BCUT2D eigenvalue weighted by molar-refractivity contribution is -0.118. The second-order valence-electron chi connectivity index (χ2n) is 5.00. The maximum atomic E-state index is 12.0. The zero-order valence-corrected chi connectivity index (χ0v) is 13.1. The van der Waals surface area contributed by atoms with Gasteiger partial charge >= 0.3 is 0 Å². The van der Waals surface area contributed by atoms with E-state index >= 15 is 0 Å². The van der Waals surface area contributed by atoms with E-state index in [4.69, 9.17) is 4.74 Å². The van der Waals surface area contributed by atoms with Crippen LogP contribution in [0.25, 0.3) is 11.0 Å². The molecule has 1 amide bonds. The first-order valence-electron chi connectivity index (χ1n) is 6.84. The predicted octanol–water partition coefficient (Wildman–Crippen LogP) is 3.33. The van der Waals surface area contributed by atoms with Crippen molar-refractivity contribution >= 4 is 34.4 Å². The Labute approximate surface area is 132 Å². The number of amides is 1. The van der Waals surface area contributed by atoms with Crippen molar-refractivity contribution in [2.45, 2.75) is 13.8 Å². The second-order valence-corrected chi connectivity index (χ2v) is 5.53.